The smallest absolute Gasteiger partial charge is 0.416 e. The minimum absolute atomic E-state index is 0.0247. The van der Waals surface area contributed by atoms with Crippen molar-refractivity contribution in [3.8, 4) is 29.1 Å². The molecule has 3 heterocycles. The highest BCUT2D eigenvalue weighted by Gasteiger charge is 2.27. The second kappa shape index (κ2) is 9.80. The summed E-state index contributed by atoms with van der Waals surface area (Å²) >= 11 is 0. The number of hydrogen-bond acceptors (Lipinski definition) is 7. The maximum absolute atomic E-state index is 12.6. The molecule has 0 unspecified atom stereocenters. The molecule has 1 saturated heterocycles. The number of hydrogen-bond donors (Lipinski definition) is 3. The molecule has 1 fully saturated rings. The molecular weight excluding hydrogens is 466 g/mol. The Morgan fingerprint density at radius 3 is 2.11 bits per heavy atom. The molecule has 1 aliphatic carbocycles. The lowest BCUT2D eigenvalue weighted by Crippen LogP contribution is -2.43. The Kier molecular flexibility index (Phi) is 6.41. The van der Waals surface area contributed by atoms with Crippen molar-refractivity contribution < 1.29 is 34.4 Å². The standard InChI is InChI=1S/C26H27N3O7/c30-23-20-3-1-2-4-21(20)24(31)29(23)17-7-10-22(27-15-17)36-26(34)28-13-11-19(12-14-28)35-18-8-5-16(6-9-18)25(32)33/h5-10,15,19,30-31H,1-4,11-14H2,(H,32,33). The van der Waals surface area contributed by atoms with E-state index in [1.54, 1.807) is 23.1 Å². The van der Waals surface area contributed by atoms with Gasteiger partial charge in [-0.2, -0.15) is 0 Å². The van der Waals surface area contributed by atoms with Gasteiger partial charge in [0.25, 0.3) is 0 Å². The predicted molar refractivity (Wildman–Crippen MR) is 128 cm³/mol. The zero-order valence-electron chi connectivity index (χ0n) is 19.6. The van der Waals surface area contributed by atoms with Crippen molar-refractivity contribution in [1.29, 1.82) is 0 Å². The number of carboxylic acids is 1. The first kappa shape index (κ1) is 23.5. The van der Waals surface area contributed by atoms with E-state index in [-0.39, 0.29) is 29.3 Å². The van der Waals surface area contributed by atoms with E-state index in [4.69, 9.17) is 14.6 Å². The van der Waals surface area contributed by atoms with Crippen LogP contribution in [-0.4, -0.2) is 61.0 Å². The molecule has 1 aromatic carbocycles. The number of ether oxygens (including phenoxy) is 2. The number of carboxylic acid groups (broad SMARTS) is 1. The van der Waals surface area contributed by atoms with E-state index in [1.165, 1.54) is 29.0 Å². The minimum atomic E-state index is -0.989. The fraction of sp³-hybridized carbons (Fsp3) is 0.346. The molecule has 0 radical (unpaired) electrons. The van der Waals surface area contributed by atoms with Crippen LogP contribution in [0.2, 0.25) is 0 Å². The van der Waals surface area contributed by atoms with Gasteiger partial charge in [0.15, 0.2) is 0 Å². The first-order valence-corrected chi connectivity index (χ1v) is 12.0. The van der Waals surface area contributed by atoms with Crippen LogP contribution in [0.15, 0.2) is 42.6 Å². The molecule has 0 saturated carbocycles. The monoisotopic (exact) mass is 493 g/mol. The molecule has 10 heteroatoms. The number of likely N-dealkylation sites (tertiary alicyclic amines) is 1. The zero-order valence-corrected chi connectivity index (χ0v) is 19.6. The quantitative estimate of drug-likeness (QED) is 0.487. The summed E-state index contributed by atoms with van der Waals surface area (Å²) in [6.45, 7) is 0.900. The van der Waals surface area contributed by atoms with E-state index in [9.17, 15) is 19.8 Å². The third-order valence-corrected chi connectivity index (χ3v) is 6.71. The Morgan fingerprint density at radius 1 is 0.917 bits per heavy atom. The Bertz CT molecular complexity index is 1230. The average molecular weight is 494 g/mol. The summed E-state index contributed by atoms with van der Waals surface area (Å²) in [5, 5.41) is 30.2. The molecule has 0 atom stereocenters. The van der Waals surface area contributed by atoms with Gasteiger partial charge in [-0.15, -0.1) is 0 Å². The van der Waals surface area contributed by atoms with Crippen molar-refractivity contribution >= 4 is 12.1 Å². The number of pyridine rings is 1. The topological polar surface area (TPSA) is 134 Å². The number of aromatic carboxylic acids is 1. The Morgan fingerprint density at radius 2 is 1.56 bits per heavy atom. The van der Waals surface area contributed by atoms with E-state index in [0.29, 0.717) is 37.4 Å². The molecule has 3 aromatic rings. The second-order valence-electron chi connectivity index (χ2n) is 9.00. The second-order valence-corrected chi connectivity index (χ2v) is 9.00. The minimum Gasteiger partial charge on any atom is -0.494 e. The summed E-state index contributed by atoms with van der Waals surface area (Å²) in [5.41, 5.74) is 2.23. The molecule has 2 aliphatic rings. The van der Waals surface area contributed by atoms with Gasteiger partial charge in [0.2, 0.25) is 17.6 Å². The SMILES string of the molecule is O=C(O)c1ccc(OC2CCN(C(=O)Oc3ccc(-n4c(O)c5c(c4O)CCCC5)cn3)CC2)cc1. The van der Waals surface area contributed by atoms with E-state index >= 15 is 0 Å². The molecule has 0 bridgehead atoms. The van der Waals surface area contributed by atoms with Crippen molar-refractivity contribution in [2.45, 2.75) is 44.6 Å². The van der Waals surface area contributed by atoms with Crippen LogP contribution in [0.25, 0.3) is 5.69 Å². The highest BCUT2D eigenvalue weighted by Crippen LogP contribution is 2.40. The van der Waals surface area contributed by atoms with Crippen molar-refractivity contribution in [1.82, 2.24) is 14.5 Å². The number of nitrogens with zero attached hydrogens (tertiary/aromatic N) is 3. The lowest BCUT2D eigenvalue weighted by atomic mass is 9.95. The lowest BCUT2D eigenvalue weighted by Gasteiger charge is -2.31. The summed E-state index contributed by atoms with van der Waals surface area (Å²) in [6.07, 6.45) is 5.46. The maximum atomic E-state index is 12.6. The molecule has 1 aliphatic heterocycles. The van der Waals surface area contributed by atoms with Gasteiger partial charge in [0, 0.05) is 43.1 Å². The highest BCUT2D eigenvalue weighted by atomic mass is 16.6. The molecule has 188 valence electrons. The normalized spacial score (nSPS) is 15.8. The third kappa shape index (κ3) is 4.66. The van der Waals surface area contributed by atoms with Gasteiger partial charge >= 0.3 is 12.1 Å². The zero-order chi connectivity index (χ0) is 25.2. The number of carbonyl (C=O) groups excluding carboxylic acids is 1. The van der Waals surface area contributed by atoms with E-state index in [1.807, 2.05) is 0 Å². The molecule has 0 spiro atoms. The van der Waals surface area contributed by atoms with Gasteiger partial charge in [-0.3, -0.25) is 0 Å². The Hall–Kier alpha value is -4.21. The molecule has 36 heavy (non-hydrogen) atoms. The van der Waals surface area contributed by atoms with Gasteiger partial charge in [-0.05, 0) is 56.0 Å². The maximum Gasteiger partial charge on any atom is 0.416 e. The number of aromatic nitrogens is 2. The van der Waals surface area contributed by atoms with Crippen LogP contribution in [0.4, 0.5) is 4.79 Å². The molecule has 3 N–H and O–H groups in total. The van der Waals surface area contributed by atoms with Crippen LogP contribution in [-0.2, 0) is 12.8 Å². The van der Waals surface area contributed by atoms with Crippen LogP contribution in [0, 0.1) is 0 Å². The molecule has 1 amide bonds. The summed E-state index contributed by atoms with van der Waals surface area (Å²) in [5.74, 6) is -0.229. The number of benzene rings is 1. The van der Waals surface area contributed by atoms with Gasteiger partial charge in [-0.25, -0.2) is 19.1 Å². The largest absolute Gasteiger partial charge is 0.494 e. The summed E-state index contributed by atoms with van der Waals surface area (Å²) in [4.78, 5) is 29.3. The van der Waals surface area contributed by atoms with Gasteiger partial charge < -0.3 is 29.7 Å². The number of aromatic hydroxyl groups is 2. The lowest BCUT2D eigenvalue weighted by molar-refractivity contribution is 0.0696. The molecule has 10 nitrogen and oxygen atoms in total. The van der Waals surface area contributed by atoms with E-state index in [2.05, 4.69) is 4.98 Å². The van der Waals surface area contributed by atoms with E-state index in [0.717, 1.165) is 36.8 Å². The fourth-order valence-electron chi connectivity index (χ4n) is 4.76. The predicted octanol–water partition coefficient (Wildman–Crippen LogP) is 3.90. The summed E-state index contributed by atoms with van der Waals surface area (Å²) < 4.78 is 12.7. The average Bonchev–Trinajstić information content (AvgIpc) is 3.15. The fourth-order valence-corrected chi connectivity index (χ4v) is 4.76. The molecule has 2 aromatic heterocycles. The Balaban J connectivity index is 1.16. The van der Waals surface area contributed by atoms with E-state index < -0.39 is 12.1 Å². The van der Waals surface area contributed by atoms with Crippen LogP contribution >= 0.6 is 0 Å². The first-order chi connectivity index (χ1) is 17.4. The number of piperidine rings is 1. The highest BCUT2D eigenvalue weighted by molar-refractivity contribution is 5.87. The number of rotatable bonds is 5. The van der Waals surface area contributed by atoms with Crippen LogP contribution in [0.5, 0.6) is 23.4 Å². The van der Waals surface area contributed by atoms with Crippen LogP contribution < -0.4 is 9.47 Å². The van der Waals surface area contributed by atoms with Crippen molar-refractivity contribution in [2.75, 3.05) is 13.1 Å². The van der Waals surface area contributed by atoms with Crippen LogP contribution in [0.1, 0.15) is 47.2 Å². The Labute approximate surface area is 207 Å². The third-order valence-electron chi connectivity index (χ3n) is 6.71. The molecular formula is C26H27N3O7. The van der Waals surface area contributed by atoms with Gasteiger partial charge in [0.1, 0.15) is 11.9 Å². The van der Waals surface area contributed by atoms with Gasteiger partial charge in [0.05, 0.1) is 17.4 Å². The van der Waals surface area contributed by atoms with Crippen LogP contribution in [0.3, 0.4) is 0 Å². The summed E-state index contributed by atoms with van der Waals surface area (Å²) in [7, 11) is 0. The summed E-state index contributed by atoms with van der Waals surface area (Å²) in [6, 6.07) is 9.41. The van der Waals surface area contributed by atoms with Crippen molar-refractivity contribution in [2.24, 2.45) is 0 Å². The molecule has 5 rings (SSSR count). The van der Waals surface area contributed by atoms with Crippen molar-refractivity contribution in [3.05, 3.63) is 59.3 Å². The van der Waals surface area contributed by atoms with Gasteiger partial charge in [-0.1, -0.05) is 0 Å². The van der Waals surface area contributed by atoms with Crippen molar-refractivity contribution in [3.63, 3.8) is 0 Å². The first-order valence-electron chi connectivity index (χ1n) is 12.0. The number of fused-ring (bicyclic) bond motifs is 1. The number of amides is 1. The number of carbonyl (C=O) groups is 2.